The lowest BCUT2D eigenvalue weighted by Gasteiger charge is -2.23. The molecule has 0 bridgehead atoms. The highest BCUT2D eigenvalue weighted by molar-refractivity contribution is 6.05. The number of cyclic esters (lactones) is 2. The number of nitrogens with zero attached hydrogens (tertiary/aromatic N) is 12. The molecule has 4 N–H and O–H groups in total. The molecule has 662 valence electrons. The predicted molar refractivity (Wildman–Crippen MR) is 467 cm³/mol. The van der Waals surface area contributed by atoms with Gasteiger partial charge in [0.2, 0.25) is 19.9 Å². The van der Waals surface area contributed by atoms with Crippen LogP contribution in [-0.4, -0.2) is 140 Å². The number of hydrogen-bond donors (Lipinski definition) is 4. The fraction of sp³-hybridized carbons (Fsp3) is 0.264. The van der Waals surface area contributed by atoms with Crippen LogP contribution in [0, 0.1) is 0 Å². The van der Waals surface area contributed by atoms with E-state index >= 15 is 0 Å². The number of rotatable bonds is 30. The minimum absolute atomic E-state index is 0.000938. The molecule has 8 aromatic heterocycles. The number of halogens is 1. The number of benzene rings is 4. The van der Waals surface area contributed by atoms with Gasteiger partial charge in [0, 0.05) is 86.6 Å². The highest BCUT2D eigenvalue weighted by Crippen LogP contribution is 2.34. The molecule has 0 amide bonds. The molecule has 2 fully saturated rings. The highest BCUT2D eigenvalue weighted by Gasteiger charge is 2.35. The lowest BCUT2D eigenvalue weighted by Crippen LogP contribution is -2.31. The van der Waals surface area contributed by atoms with Gasteiger partial charge in [-0.2, -0.15) is 20.4 Å². The van der Waals surface area contributed by atoms with Crippen molar-refractivity contribution < 1.29 is 80.6 Å². The molecule has 36 nitrogen and oxygen atoms in total. The second kappa shape index (κ2) is 46.5. The van der Waals surface area contributed by atoms with Crippen molar-refractivity contribution in [2.24, 2.45) is 0 Å². The van der Waals surface area contributed by atoms with Crippen LogP contribution in [-0.2, 0) is 73.6 Å². The van der Waals surface area contributed by atoms with Crippen molar-refractivity contribution in [1.29, 1.82) is 0 Å². The molecule has 2 unspecified atom stereocenters. The zero-order chi connectivity index (χ0) is 90.9. The molecule has 2 atom stereocenters. The fourth-order valence-electron chi connectivity index (χ4n) is 12.9. The Morgan fingerprint density at radius 2 is 0.781 bits per heavy atom. The van der Waals surface area contributed by atoms with E-state index in [2.05, 4.69) is 71.1 Å². The van der Waals surface area contributed by atoms with Crippen LogP contribution < -0.4 is 43.5 Å². The minimum atomic E-state index is -1.31. The molecule has 4 aromatic carbocycles. The maximum Gasteiger partial charge on any atom is 0.511 e. The number of aryl methyl sites for hydroxylation is 4. The quantitative estimate of drug-likeness (QED) is 0.0184. The van der Waals surface area contributed by atoms with Crippen LogP contribution in [0.25, 0.3) is 45.0 Å². The van der Waals surface area contributed by atoms with Gasteiger partial charge in [0.15, 0.2) is 6.61 Å². The van der Waals surface area contributed by atoms with Gasteiger partial charge in [0.25, 0.3) is 28.5 Å². The molecule has 1 saturated carbocycles. The van der Waals surface area contributed by atoms with Gasteiger partial charge in [-0.15, -0.1) is 0 Å². The third-order valence-corrected chi connectivity index (χ3v) is 19.0. The molecule has 0 radical (unpaired) electrons. The summed E-state index contributed by atoms with van der Waals surface area (Å²) in [5, 5.41) is 29.4. The number of hydrogen-bond acceptors (Lipinski definition) is 32. The summed E-state index contributed by atoms with van der Waals surface area (Å²) in [7, 11) is 0. The van der Waals surface area contributed by atoms with Crippen molar-refractivity contribution in [2.45, 2.75) is 138 Å². The number of aromatic nitrogens is 12. The maximum atomic E-state index is 13.5. The van der Waals surface area contributed by atoms with E-state index in [1.807, 2.05) is 31.2 Å². The smallest absolute Gasteiger partial charge is 0.431 e. The minimum Gasteiger partial charge on any atom is -0.431 e. The number of ether oxygens (including phenoxy) is 9. The Balaban J connectivity index is 0.000000166. The van der Waals surface area contributed by atoms with E-state index in [4.69, 9.17) is 33.2 Å². The molecule has 37 heteroatoms. The Kier molecular flexibility index (Phi) is 33.7. The molecule has 9 heterocycles. The summed E-state index contributed by atoms with van der Waals surface area (Å²) in [5.74, 6) is -4.04. The van der Waals surface area contributed by atoms with Gasteiger partial charge in [0.05, 0.1) is 47.5 Å². The Hall–Kier alpha value is -16.0. The molecular formula is C91H91FN16O20. The molecule has 128 heavy (non-hydrogen) atoms. The average molecular weight is 1750 g/mol. The first-order chi connectivity index (χ1) is 62.2. The van der Waals surface area contributed by atoms with Crippen molar-refractivity contribution in [3.63, 3.8) is 0 Å². The number of nitrogens with one attached hydrogen (secondary N) is 4. The molecule has 1 aliphatic heterocycles. The van der Waals surface area contributed by atoms with Crippen LogP contribution >= 0.6 is 0 Å². The van der Waals surface area contributed by atoms with E-state index in [1.165, 1.54) is 50.4 Å². The molecule has 2 aliphatic rings. The van der Waals surface area contributed by atoms with Gasteiger partial charge < -0.3 is 63.9 Å². The van der Waals surface area contributed by atoms with E-state index in [0.717, 1.165) is 38.5 Å². The molecular weight excluding hydrogens is 1660 g/mol. The molecule has 14 rings (SSSR count). The highest BCUT2D eigenvalue weighted by atomic mass is 19.1. The molecule has 12 aromatic rings. The van der Waals surface area contributed by atoms with Crippen LogP contribution in [0.1, 0.15) is 134 Å². The summed E-state index contributed by atoms with van der Waals surface area (Å²) in [6, 6.07) is 49.3. The van der Waals surface area contributed by atoms with Crippen molar-refractivity contribution in [3.05, 3.63) is 283 Å². The van der Waals surface area contributed by atoms with E-state index in [1.54, 1.807) is 198 Å². The Morgan fingerprint density at radius 3 is 1.10 bits per heavy atom. The molecule has 1 aliphatic carbocycles. The normalized spacial score (nSPS) is 12.7. The van der Waals surface area contributed by atoms with E-state index in [9.17, 15) is 57.1 Å². The maximum absolute atomic E-state index is 13.5. The Morgan fingerprint density at radius 1 is 0.430 bits per heavy atom. The zero-order valence-corrected chi connectivity index (χ0v) is 70.5. The monoisotopic (exact) mass is 1750 g/mol. The van der Waals surface area contributed by atoms with Crippen molar-refractivity contribution in [2.75, 3.05) is 41.5 Å². The number of alkyl halides is 1. The predicted octanol–water partition coefficient (Wildman–Crippen LogP) is 14.8. The van der Waals surface area contributed by atoms with Crippen molar-refractivity contribution in [1.82, 2.24) is 59.1 Å². The molecule has 1 saturated heterocycles. The van der Waals surface area contributed by atoms with Gasteiger partial charge in [-0.1, -0.05) is 141 Å². The van der Waals surface area contributed by atoms with Gasteiger partial charge in [-0.25, -0.2) is 51.9 Å². The SMILES string of the molecule is CCCCC(=O)OCOC(=O)c1c(-c2ccccc2)nn(CC)c(=O)c1Nc1cccnc1.CCn1nc(-c2ccccc2)c(C(=O)OC(C)OC(=O)OC2CCCCC2)c(Nc2cccnc2)c1=O.CCn1nc(-c2ccccc2)c(C(=O)OC2COC(=O)O2)c(Nc2cccnc2)c1=O.CCn1nc(-c2ccccc2)c(C(=O)OCF)c(Nc2cccnc2)c1=O. The van der Waals surface area contributed by atoms with Crippen molar-refractivity contribution in [3.8, 4) is 45.0 Å². The first-order valence-corrected chi connectivity index (χ1v) is 40.9. The second-order valence-corrected chi connectivity index (χ2v) is 27.8. The van der Waals surface area contributed by atoms with Crippen LogP contribution in [0.3, 0.4) is 0 Å². The zero-order valence-electron chi connectivity index (χ0n) is 70.5. The lowest BCUT2D eigenvalue weighted by atomic mass is 9.98. The van der Waals surface area contributed by atoms with Crippen LogP contribution in [0.2, 0.25) is 0 Å². The van der Waals surface area contributed by atoms with Gasteiger partial charge in [-0.05, 0) is 108 Å². The Labute approximate surface area is 731 Å². The summed E-state index contributed by atoms with van der Waals surface area (Å²) < 4.78 is 63.2. The number of unbranched alkanes of at least 4 members (excludes halogenated alkanes) is 1. The first kappa shape index (κ1) is 92.7. The lowest BCUT2D eigenvalue weighted by molar-refractivity contribution is -0.152. The first-order valence-electron chi connectivity index (χ1n) is 40.9. The summed E-state index contributed by atoms with van der Waals surface area (Å²) >= 11 is 0. The van der Waals surface area contributed by atoms with Crippen LogP contribution in [0.5, 0.6) is 0 Å². The van der Waals surface area contributed by atoms with Gasteiger partial charge in [-0.3, -0.25) is 43.9 Å². The third-order valence-electron chi connectivity index (χ3n) is 19.0. The van der Waals surface area contributed by atoms with E-state index in [-0.39, 0.29) is 100 Å². The summed E-state index contributed by atoms with van der Waals surface area (Å²) in [5.41, 5.74) is 2.94. The summed E-state index contributed by atoms with van der Waals surface area (Å²) in [6.07, 6.45) is 14.4. The largest absolute Gasteiger partial charge is 0.511 e. The average Bonchev–Trinajstić information content (AvgIpc) is 1.49. The summed E-state index contributed by atoms with van der Waals surface area (Å²) in [6.45, 7) is 9.51. The van der Waals surface area contributed by atoms with Gasteiger partial charge >= 0.3 is 42.2 Å². The number of carbonyl (C=O) groups excluding carboxylic acids is 7. The number of pyridine rings is 4. The fourth-order valence-corrected chi connectivity index (χ4v) is 12.9. The van der Waals surface area contributed by atoms with Crippen molar-refractivity contribution >= 4 is 87.7 Å². The number of esters is 5. The number of anilines is 8. The van der Waals surface area contributed by atoms with Gasteiger partial charge in [0.1, 0.15) is 73.9 Å². The van der Waals surface area contributed by atoms with Crippen LogP contribution in [0.15, 0.2) is 239 Å². The summed E-state index contributed by atoms with van der Waals surface area (Å²) in [4.78, 5) is 156. The molecule has 0 spiro atoms. The number of carbonyl (C=O) groups is 7. The van der Waals surface area contributed by atoms with Crippen LogP contribution in [0.4, 0.5) is 59.5 Å². The third kappa shape index (κ3) is 24.7. The Bertz CT molecular complexity index is 6050. The standard InChI is InChI=1S/C27H30N4O6.C24H26N4O5.C21H18N4O6.C19H17FN4O3/c1-3-31-25(32)24(29-20-13-10-16-28-17-20)22(23(30-31)19-11-6-4-7-12-19)26(33)35-18(2)36-27(34)37-21-14-8-5-9-15-21;1-3-5-13-19(29)32-16-33-24(31)20-21(17-10-7-6-8-11-17)27-28(4-2)23(30)22(20)26-18-12-9-14-25-15-18;1-2-25-19(26)18(23-14-9-6-10-22-11-14)16(17(24-25)13-7-4-3-5-8-13)20(27)30-15-12-29-21(28)31-15;1-2-24-18(25)17(22-14-9-6-10-21-11-14)15(19(26)27-12-20)16(23-24)13-7-4-3-5-8-13/h4,6-7,10-13,16-18,21,29H,3,5,8-9,14-15H2,1-2H3;6-12,14-15,26H,3-5,13,16H2,1-2H3;3-11,15,23H,2,12H2,1H3;3-11,22H,2,12H2,1H3. The van der Waals surface area contributed by atoms with E-state index < -0.39 is 90.6 Å². The topological polar surface area (TPSA) is 442 Å². The second-order valence-electron chi connectivity index (χ2n) is 27.8. The van der Waals surface area contributed by atoms with E-state index in [0.29, 0.717) is 64.5 Å².